The van der Waals surface area contributed by atoms with Gasteiger partial charge in [0.1, 0.15) is 0 Å². The van der Waals surface area contributed by atoms with E-state index in [-0.39, 0.29) is 5.60 Å². The molecule has 20 heavy (non-hydrogen) atoms. The van der Waals surface area contributed by atoms with Crippen molar-refractivity contribution in [3.8, 4) is 0 Å². The number of benzene rings is 1. The van der Waals surface area contributed by atoms with E-state index >= 15 is 0 Å². The molecule has 1 fully saturated rings. The molecule has 1 aliphatic rings. The summed E-state index contributed by atoms with van der Waals surface area (Å²) in [6.07, 6.45) is 4.17. The van der Waals surface area contributed by atoms with Crippen LogP contribution in [-0.2, 0) is 15.9 Å². The molecule has 2 unspecified atom stereocenters. The molecule has 0 spiro atoms. The normalized spacial score (nSPS) is 26.4. The fourth-order valence-corrected chi connectivity index (χ4v) is 2.81. The molecule has 112 valence electrons. The topological polar surface area (TPSA) is 30.5 Å². The summed E-state index contributed by atoms with van der Waals surface area (Å²) < 4.78 is 11.1. The van der Waals surface area contributed by atoms with E-state index in [2.05, 4.69) is 43.4 Å². The van der Waals surface area contributed by atoms with Gasteiger partial charge in [-0.2, -0.15) is 0 Å². The van der Waals surface area contributed by atoms with Crippen LogP contribution in [0.3, 0.4) is 0 Å². The highest BCUT2D eigenvalue weighted by Crippen LogP contribution is 2.30. The Labute approximate surface area is 122 Å². The van der Waals surface area contributed by atoms with Gasteiger partial charge in [-0.3, -0.25) is 0 Å². The summed E-state index contributed by atoms with van der Waals surface area (Å²) in [6, 6.07) is 9.04. The van der Waals surface area contributed by atoms with E-state index in [0.29, 0.717) is 6.04 Å². The minimum atomic E-state index is 0.0252. The quantitative estimate of drug-likeness (QED) is 0.861. The first-order valence-electron chi connectivity index (χ1n) is 7.64. The molecule has 0 saturated carbocycles. The zero-order valence-corrected chi connectivity index (χ0v) is 12.9. The Bertz CT molecular complexity index is 421. The number of ether oxygens (including phenoxy) is 2. The summed E-state index contributed by atoms with van der Waals surface area (Å²) in [5, 5.41) is 3.71. The SMILES string of the molecule is CCC1(C)CC(Nc2ccccc2CCOC)CCO1. The molecule has 0 amide bonds. The molecule has 1 aromatic rings. The van der Waals surface area contributed by atoms with Crippen LogP contribution < -0.4 is 5.32 Å². The number of hydrogen-bond donors (Lipinski definition) is 1. The summed E-state index contributed by atoms with van der Waals surface area (Å²) >= 11 is 0. The summed E-state index contributed by atoms with van der Waals surface area (Å²) in [6.45, 7) is 6.04. The molecule has 3 heteroatoms. The van der Waals surface area contributed by atoms with Gasteiger partial charge in [-0.05, 0) is 44.2 Å². The Hall–Kier alpha value is -1.06. The fourth-order valence-electron chi connectivity index (χ4n) is 2.81. The number of para-hydroxylation sites is 1. The lowest BCUT2D eigenvalue weighted by atomic mass is 9.89. The summed E-state index contributed by atoms with van der Waals surface area (Å²) in [5.41, 5.74) is 2.60. The Morgan fingerprint density at radius 1 is 1.40 bits per heavy atom. The van der Waals surface area contributed by atoms with E-state index < -0.39 is 0 Å². The van der Waals surface area contributed by atoms with Crippen LogP contribution in [-0.4, -0.2) is 32.0 Å². The molecule has 1 N–H and O–H groups in total. The second-order valence-electron chi connectivity index (χ2n) is 5.89. The van der Waals surface area contributed by atoms with Crippen molar-refractivity contribution in [2.75, 3.05) is 25.6 Å². The van der Waals surface area contributed by atoms with Gasteiger partial charge >= 0.3 is 0 Å². The Balaban J connectivity index is 2.02. The highest BCUT2D eigenvalue weighted by molar-refractivity contribution is 5.52. The molecule has 2 atom stereocenters. The third-order valence-electron chi connectivity index (χ3n) is 4.30. The molecule has 1 aliphatic heterocycles. The first kappa shape index (κ1) is 15.3. The van der Waals surface area contributed by atoms with Crippen LogP contribution in [0.4, 0.5) is 5.69 Å². The Morgan fingerprint density at radius 3 is 2.95 bits per heavy atom. The van der Waals surface area contributed by atoms with Crippen LogP contribution in [0.15, 0.2) is 24.3 Å². The molecule has 1 saturated heterocycles. The van der Waals surface area contributed by atoms with E-state index in [0.717, 1.165) is 38.9 Å². The Morgan fingerprint density at radius 2 is 2.20 bits per heavy atom. The van der Waals surface area contributed by atoms with E-state index in [1.807, 2.05) is 0 Å². The minimum absolute atomic E-state index is 0.0252. The van der Waals surface area contributed by atoms with E-state index in [9.17, 15) is 0 Å². The zero-order valence-electron chi connectivity index (χ0n) is 12.9. The fraction of sp³-hybridized carbons (Fsp3) is 0.647. The van der Waals surface area contributed by atoms with Gasteiger partial charge in [-0.15, -0.1) is 0 Å². The number of rotatable bonds is 6. The van der Waals surface area contributed by atoms with Gasteiger partial charge in [0, 0.05) is 25.4 Å². The van der Waals surface area contributed by atoms with Crippen LogP contribution in [0.25, 0.3) is 0 Å². The van der Waals surface area contributed by atoms with Crippen molar-refractivity contribution in [2.24, 2.45) is 0 Å². The van der Waals surface area contributed by atoms with Crippen molar-refractivity contribution in [2.45, 2.75) is 51.2 Å². The maximum atomic E-state index is 5.92. The smallest absolute Gasteiger partial charge is 0.0671 e. The van der Waals surface area contributed by atoms with Gasteiger partial charge in [-0.25, -0.2) is 0 Å². The minimum Gasteiger partial charge on any atom is -0.384 e. The first-order valence-corrected chi connectivity index (χ1v) is 7.64. The highest BCUT2D eigenvalue weighted by atomic mass is 16.5. The summed E-state index contributed by atoms with van der Waals surface area (Å²) in [4.78, 5) is 0. The number of nitrogens with one attached hydrogen (secondary N) is 1. The van der Waals surface area contributed by atoms with Crippen molar-refractivity contribution in [1.29, 1.82) is 0 Å². The predicted molar refractivity (Wildman–Crippen MR) is 83.3 cm³/mol. The monoisotopic (exact) mass is 277 g/mol. The third kappa shape index (κ3) is 3.97. The van der Waals surface area contributed by atoms with Crippen LogP contribution >= 0.6 is 0 Å². The van der Waals surface area contributed by atoms with Crippen LogP contribution in [0.5, 0.6) is 0 Å². The van der Waals surface area contributed by atoms with Gasteiger partial charge in [0.2, 0.25) is 0 Å². The van der Waals surface area contributed by atoms with Crippen LogP contribution in [0, 0.1) is 0 Å². The zero-order chi connectivity index (χ0) is 14.4. The number of methoxy groups -OCH3 is 1. The van der Waals surface area contributed by atoms with E-state index in [4.69, 9.17) is 9.47 Å². The Kier molecular flexibility index (Phi) is 5.44. The average molecular weight is 277 g/mol. The molecule has 2 rings (SSSR count). The van der Waals surface area contributed by atoms with Gasteiger partial charge in [-0.1, -0.05) is 25.1 Å². The van der Waals surface area contributed by atoms with Crippen molar-refractivity contribution in [1.82, 2.24) is 0 Å². The molecule has 0 bridgehead atoms. The van der Waals surface area contributed by atoms with Crippen molar-refractivity contribution in [3.05, 3.63) is 29.8 Å². The van der Waals surface area contributed by atoms with Gasteiger partial charge < -0.3 is 14.8 Å². The van der Waals surface area contributed by atoms with Gasteiger partial charge in [0.05, 0.1) is 12.2 Å². The number of hydrogen-bond acceptors (Lipinski definition) is 3. The molecule has 0 aliphatic carbocycles. The lowest BCUT2D eigenvalue weighted by molar-refractivity contribution is -0.0708. The predicted octanol–water partition coefficient (Wildman–Crippen LogP) is 3.64. The van der Waals surface area contributed by atoms with E-state index in [1.54, 1.807) is 7.11 Å². The number of anilines is 1. The molecule has 0 aromatic heterocycles. The molecule has 1 aromatic carbocycles. The maximum absolute atomic E-state index is 5.92. The van der Waals surface area contributed by atoms with Crippen molar-refractivity contribution < 1.29 is 9.47 Å². The molecular formula is C17H27NO2. The second kappa shape index (κ2) is 7.09. The highest BCUT2D eigenvalue weighted by Gasteiger charge is 2.31. The molecule has 3 nitrogen and oxygen atoms in total. The standard InChI is InChI=1S/C17H27NO2/c1-4-17(2)13-15(10-12-20-17)18-16-8-6-5-7-14(16)9-11-19-3/h5-8,15,18H,4,9-13H2,1-3H3. The summed E-state index contributed by atoms with van der Waals surface area (Å²) in [5.74, 6) is 0. The lowest BCUT2D eigenvalue weighted by Crippen LogP contribution is -2.42. The molecule has 1 heterocycles. The molecular weight excluding hydrogens is 250 g/mol. The second-order valence-corrected chi connectivity index (χ2v) is 5.89. The largest absolute Gasteiger partial charge is 0.384 e. The van der Waals surface area contributed by atoms with Crippen molar-refractivity contribution >= 4 is 5.69 Å². The van der Waals surface area contributed by atoms with Gasteiger partial charge in [0.15, 0.2) is 0 Å². The van der Waals surface area contributed by atoms with Gasteiger partial charge in [0.25, 0.3) is 0 Å². The average Bonchev–Trinajstić information content (AvgIpc) is 2.46. The van der Waals surface area contributed by atoms with Crippen molar-refractivity contribution in [3.63, 3.8) is 0 Å². The first-order chi connectivity index (χ1) is 9.67. The van der Waals surface area contributed by atoms with Crippen LogP contribution in [0.1, 0.15) is 38.7 Å². The third-order valence-corrected chi connectivity index (χ3v) is 4.30. The lowest BCUT2D eigenvalue weighted by Gasteiger charge is -2.38. The van der Waals surface area contributed by atoms with Crippen LogP contribution in [0.2, 0.25) is 0 Å². The maximum Gasteiger partial charge on any atom is 0.0671 e. The van der Waals surface area contributed by atoms with E-state index in [1.165, 1.54) is 11.3 Å². The summed E-state index contributed by atoms with van der Waals surface area (Å²) in [7, 11) is 1.75. The molecule has 0 radical (unpaired) electrons.